The third kappa shape index (κ3) is 4.03. The van der Waals surface area contributed by atoms with Crippen LogP contribution in [0, 0.1) is 10.1 Å². The summed E-state index contributed by atoms with van der Waals surface area (Å²) in [5, 5.41) is 11.0. The van der Waals surface area contributed by atoms with Gasteiger partial charge in [0.1, 0.15) is 0 Å². The molecule has 122 valence electrons. The Morgan fingerprint density at radius 2 is 1.35 bits per heavy atom. The van der Waals surface area contributed by atoms with Crippen LogP contribution in [-0.4, -0.2) is 49.7 Å². The molecular formula is C12H11As2NO8. The van der Waals surface area contributed by atoms with E-state index in [4.69, 9.17) is 8.19 Å². The summed E-state index contributed by atoms with van der Waals surface area (Å²) in [6.07, 6.45) is 0. The third-order valence-electron chi connectivity index (χ3n) is 3.02. The molecule has 0 amide bonds. The van der Waals surface area contributed by atoms with Crippen molar-refractivity contribution in [2.24, 2.45) is 0 Å². The van der Waals surface area contributed by atoms with Crippen LogP contribution in [0.15, 0.2) is 42.5 Å². The molecule has 0 aliphatic carbocycles. The fraction of sp³-hybridized carbons (Fsp3) is 0. The van der Waals surface area contributed by atoms with Gasteiger partial charge in [0, 0.05) is 0 Å². The molecule has 4 N–H and O–H groups in total. The Bertz CT molecular complexity index is 852. The zero-order valence-corrected chi connectivity index (χ0v) is 15.1. The summed E-state index contributed by atoms with van der Waals surface area (Å²) in [7, 11) is 0. The van der Waals surface area contributed by atoms with E-state index in [9.17, 15) is 25.8 Å². The molecule has 0 unspecified atom stereocenters. The van der Waals surface area contributed by atoms with Gasteiger partial charge in [-0.2, -0.15) is 0 Å². The topological polar surface area (TPSA) is 158 Å². The van der Waals surface area contributed by atoms with Gasteiger partial charge in [-0.25, -0.2) is 0 Å². The Kier molecular flexibility index (Phi) is 4.73. The van der Waals surface area contributed by atoms with Crippen LogP contribution in [0.2, 0.25) is 0 Å². The molecule has 23 heavy (non-hydrogen) atoms. The van der Waals surface area contributed by atoms with Gasteiger partial charge in [-0.05, 0) is 0 Å². The summed E-state index contributed by atoms with van der Waals surface area (Å²) in [4.78, 5) is 10.1. The second kappa shape index (κ2) is 6.12. The van der Waals surface area contributed by atoms with E-state index in [1.165, 1.54) is 30.3 Å². The van der Waals surface area contributed by atoms with Gasteiger partial charge in [-0.3, -0.25) is 0 Å². The standard InChI is InChI=1S/C12H11As2NO8/c16-13(17,18)10-4-1-8(2-5-10)9-3-6-11(14(19,20)21)12(7-9)15(22)23/h1-7H,(H2,16,17,18)(H2,19,20,21). The molecule has 0 saturated heterocycles. The van der Waals surface area contributed by atoms with E-state index in [1.807, 2.05) is 0 Å². The second-order valence-electron chi connectivity index (χ2n) is 4.60. The van der Waals surface area contributed by atoms with Crippen molar-refractivity contribution in [2.45, 2.75) is 0 Å². The average Bonchev–Trinajstić information content (AvgIpc) is 2.45. The number of rotatable bonds is 4. The predicted octanol–water partition coefficient (Wildman–Crippen LogP) is -1.62. The molecule has 0 aliphatic rings. The molecular weight excluding hydrogens is 436 g/mol. The second-order valence-corrected chi connectivity index (χ2v) is 11.3. The maximum absolute atomic E-state index is 11.3. The Labute approximate surface area is 135 Å². The van der Waals surface area contributed by atoms with Crippen molar-refractivity contribution in [2.75, 3.05) is 0 Å². The van der Waals surface area contributed by atoms with Crippen LogP contribution in [0.25, 0.3) is 11.1 Å². The van der Waals surface area contributed by atoms with Gasteiger partial charge < -0.3 is 0 Å². The first-order chi connectivity index (χ1) is 10.5. The molecule has 11 heteroatoms. The first kappa shape index (κ1) is 17.7. The van der Waals surface area contributed by atoms with Crippen molar-refractivity contribution in [3.8, 4) is 11.1 Å². The minimum absolute atomic E-state index is 0.142. The van der Waals surface area contributed by atoms with E-state index in [0.29, 0.717) is 11.1 Å². The first-order valence-corrected chi connectivity index (χ1v) is 12.8. The molecule has 0 aliphatic heterocycles. The zero-order valence-electron chi connectivity index (χ0n) is 11.3. The molecule has 0 saturated carbocycles. The van der Waals surface area contributed by atoms with Crippen LogP contribution in [0.5, 0.6) is 0 Å². The van der Waals surface area contributed by atoms with Gasteiger partial charge in [0.15, 0.2) is 0 Å². The van der Waals surface area contributed by atoms with Crippen molar-refractivity contribution in [3.05, 3.63) is 52.6 Å². The van der Waals surface area contributed by atoms with Crippen molar-refractivity contribution < 1.29 is 28.8 Å². The van der Waals surface area contributed by atoms with Crippen LogP contribution in [0.1, 0.15) is 0 Å². The van der Waals surface area contributed by atoms with E-state index in [2.05, 4.69) is 0 Å². The third-order valence-corrected chi connectivity index (χ3v) is 7.17. The molecule has 2 rings (SSSR count). The minimum atomic E-state index is -5.44. The Morgan fingerprint density at radius 3 is 1.78 bits per heavy atom. The van der Waals surface area contributed by atoms with Crippen molar-refractivity contribution in [1.29, 1.82) is 0 Å². The predicted molar refractivity (Wildman–Crippen MR) is 79.6 cm³/mol. The normalized spacial score (nSPS) is 12.2. The van der Waals surface area contributed by atoms with Gasteiger partial charge in [0.2, 0.25) is 0 Å². The fourth-order valence-electron chi connectivity index (χ4n) is 1.94. The molecule has 2 aromatic carbocycles. The van der Waals surface area contributed by atoms with Gasteiger partial charge in [-0.15, -0.1) is 0 Å². The molecule has 0 atom stereocenters. The summed E-state index contributed by atoms with van der Waals surface area (Å²) in [5.74, 6) is 0. The van der Waals surface area contributed by atoms with Gasteiger partial charge >= 0.3 is 135 Å². The van der Waals surface area contributed by atoms with Crippen molar-refractivity contribution in [1.82, 2.24) is 0 Å². The monoisotopic (exact) mass is 447 g/mol. The number of nitrogens with zero attached hydrogens (tertiary/aromatic N) is 1. The molecule has 0 fully saturated rings. The van der Waals surface area contributed by atoms with Gasteiger partial charge in [0.25, 0.3) is 0 Å². The van der Waals surface area contributed by atoms with E-state index < -0.39 is 43.3 Å². The number of hydrogen-bond acceptors (Lipinski definition) is 4. The quantitative estimate of drug-likeness (QED) is 0.248. The summed E-state index contributed by atoms with van der Waals surface area (Å²) < 4.78 is 58.3. The van der Waals surface area contributed by atoms with Gasteiger partial charge in [0.05, 0.1) is 0 Å². The maximum atomic E-state index is 11.3. The first-order valence-electron chi connectivity index (χ1n) is 6.01. The summed E-state index contributed by atoms with van der Waals surface area (Å²) in [5.41, 5.74) is 0.0254. The van der Waals surface area contributed by atoms with Gasteiger partial charge in [-0.1, -0.05) is 0 Å². The van der Waals surface area contributed by atoms with Crippen LogP contribution in [-0.2, 0) is 7.48 Å². The summed E-state index contributed by atoms with van der Waals surface area (Å²) in [6.45, 7) is 0. The number of hydrogen-bond donors (Lipinski definition) is 4. The van der Waals surface area contributed by atoms with E-state index in [0.717, 1.165) is 12.1 Å². The molecule has 0 aromatic heterocycles. The zero-order chi connectivity index (χ0) is 17.4. The Morgan fingerprint density at radius 1 is 0.826 bits per heavy atom. The van der Waals surface area contributed by atoms with E-state index >= 15 is 0 Å². The molecule has 9 nitrogen and oxygen atoms in total. The summed E-state index contributed by atoms with van der Waals surface area (Å²) >= 11 is -10.5. The number of benzene rings is 2. The molecule has 0 radical (unpaired) electrons. The fourth-order valence-corrected chi connectivity index (χ4v) is 4.57. The van der Waals surface area contributed by atoms with Crippen molar-refractivity contribution >= 4 is 42.7 Å². The van der Waals surface area contributed by atoms with Crippen LogP contribution in [0.3, 0.4) is 0 Å². The average molecular weight is 447 g/mol. The molecule has 0 bridgehead atoms. The molecule has 0 heterocycles. The van der Waals surface area contributed by atoms with E-state index in [1.54, 1.807) is 0 Å². The summed E-state index contributed by atoms with van der Waals surface area (Å²) in [6, 6.07) is 8.49. The van der Waals surface area contributed by atoms with Crippen molar-refractivity contribution in [3.63, 3.8) is 0 Å². The van der Waals surface area contributed by atoms with Crippen LogP contribution >= 0.6 is 0 Å². The Balaban J connectivity index is 2.53. The molecule has 0 spiro atoms. The number of nitro benzene ring substituents is 1. The SMILES string of the molecule is O=[N+]([O-])c1cc(-c2ccc([As](=O)(O)O)cc2)ccc1[As](=O)(O)O. The van der Waals surface area contributed by atoms with E-state index in [-0.39, 0.29) is 4.35 Å². The molecule has 2 aromatic rings. The van der Waals surface area contributed by atoms with Crippen LogP contribution in [0.4, 0.5) is 5.69 Å². The number of nitro groups is 1. The Hall–Kier alpha value is -1.60. The van der Waals surface area contributed by atoms with Crippen LogP contribution < -0.4 is 8.70 Å².